The first-order valence-corrected chi connectivity index (χ1v) is 6.89. The Hall–Kier alpha value is -1.36. The van der Waals surface area contributed by atoms with Gasteiger partial charge in [0, 0.05) is 32.2 Å². The molecule has 5 heteroatoms. The molecule has 1 saturated carbocycles. The predicted octanol–water partition coefficient (Wildman–Crippen LogP) is 1.12. The van der Waals surface area contributed by atoms with Crippen molar-refractivity contribution in [3.63, 3.8) is 0 Å². The summed E-state index contributed by atoms with van der Waals surface area (Å²) in [5.41, 5.74) is 6.24. The Kier molecular flexibility index (Phi) is 3.32. The van der Waals surface area contributed by atoms with E-state index in [0.29, 0.717) is 5.69 Å². The number of anilines is 2. The van der Waals surface area contributed by atoms with Crippen LogP contribution in [0.15, 0.2) is 12.4 Å². The van der Waals surface area contributed by atoms with Gasteiger partial charge in [-0.25, -0.2) is 9.97 Å². The van der Waals surface area contributed by atoms with E-state index in [4.69, 9.17) is 5.73 Å². The molecule has 0 atom stereocenters. The molecule has 0 aromatic carbocycles. The summed E-state index contributed by atoms with van der Waals surface area (Å²) in [5.74, 6) is 0.815. The second kappa shape index (κ2) is 5.10. The van der Waals surface area contributed by atoms with Crippen LogP contribution in [0.1, 0.15) is 25.7 Å². The molecule has 2 fully saturated rings. The van der Waals surface area contributed by atoms with Gasteiger partial charge in [0.2, 0.25) is 5.95 Å². The van der Waals surface area contributed by atoms with Gasteiger partial charge in [-0.15, -0.1) is 0 Å². The fourth-order valence-corrected chi connectivity index (χ4v) is 3.05. The SMILES string of the molecule is Nc1cnc(N2CCN(C3CCCC3)CC2)nc1. The van der Waals surface area contributed by atoms with E-state index in [0.717, 1.165) is 38.2 Å². The second-order valence-electron chi connectivity index (χ2n) is 5.28. The number of aromatic nitrogens is 2. The van der Waals surface area contributed by atoms with Gasteiger partial charge in [-0.05, 0) is 12.8 Å². The van der Waals surface area contributed by atoms with Crippen LogP contribution in [0.3, 0.4) is 0 Å². The molecular formula is C13H21N5. The molecule has 0 unspecified atom stereocenters. The number of piperazine rings is 1. The fourth-order valence-electron chi connectivity index (χ4n) is 3.05. The van der Waals surface area contributed by atoms with Crippen LogP contribution < -0.4 is 10.6 Å². The Morgan fingerprint density at radius 1 is 1.00 bits per heavy atom. The maximum absolute atomic E-state index is 5.61. The van der Waals surface area contributed by atoms with Gasteiger partial charge in [0.25, 0.3) is 0 Å². The average Bonchev–Trinajstić information content (AvgIpc) is 2.94. The topological polar surface area (TPSA) is 58.3 Å². The third-order valence-corrected chi connectivity index (χ3v) is 4.10. The van der Waals surface area contributed by atoms with E-state index in [9.17, 15) is 0 Å². The van der Waals surface area contributed by atoms with Gasteiger partial charge in [0.15, 0.2) is 0 Å². The average molecular weight is 247 g/mol. The molecular weight excluding hydrogens is 226 g/mol. The molecule has 3 rings (SSSR count). The minimum absolute atomic E-state index is 0.628. The Bertz CT molecular complexity index is 377. The molecule has 1 aliphatic carbocycles. The zero-order chi connectivity index (χ0) is 12.4. The lowest BCUT2D eigenvalue weighted by Crippen LogP contribution is -2.50. The Balaban J connectivity index is 1.57. The molecule has 2 heterocycles. The van der Waals surface area contributed by atoms with Crippen molar-refractivity contribution >= 4 is 11.6 Å². The molecule has 18 heavy (non-hydrogen) atoms. The monoisotopic (exact) mass is 247 g/mol. The van der Waals surface area contributed by atoms with Gasteiger partial charge >= 0.3 is 0 Å². The Morgan fingerprint density at radius 2 is 1.61 bits per heavy atom. The third-order valence-electron chi connectivity index (χ3n) is 4.10. The Morgan fingerprint density at radius 3 is 2.22 bits per heavy atom. The van der Waals surface area contributed by atoms with Crippen molar-refractivity contribution in [2.45, 2.75) is 31.7 Å². The van der Waals surface area contributed by atoms with Crippen molar-refractivity contribution in [2.24, 2.45) is 0 Å². The van der Waals surface area contributed by atoms with E-state index >= 15 is 0 Å². The number of nitrogens with zero attached hydrogens (tertiary/aromatic N) is 4. The lowest BCUT2D eigenvalue weighted by molar-refractivity contribution is 0.187. The van der Waals surface area contributed by atoms with E-state index in [1.807, 2.05) is 0 Å². The molecule has 1 aromatic rings. The largest absolute Gasteiger partial charge is 0.396 e. The summed E-state index contributed by atoms with van der Waals surface area (Å²) in [7, 11) is 0. The predicted molar refractivity (Wildman–Crippen MR) is 72.5 cm³/mol. The maximum atomic E-state index is 5.61. The first-order chi connectivity index (χ1) is 8.83. The van der Waals surface area contributed by atoms with Crippen molar-refractivity contribution in [3.8, 4) is 0 Å². The summed E-state index contributed by atoms with van der Waals surface area (Å²) in [6.45, 7) is 4.33. The van der Waals surface area contributed by atoms with Crippen molar-refractivity contribution in [2.75, 3.05) is 36.8 Å². The van der Waals surface area contributed by atoms with Gasteiger partial charge in [-0.2, -0.15) is 0 Å². The molecule has 1 saturated heterocycles. The minimum atomic E-state index is 0.628. The van der Waals surface area contributed by atoms with Crippen LogP contribution >= 0.6 is 0 Å². The molecule has 2 N–H and O–H groups in total. The molecule has 0 amide bonds. The summed E-state index contributed by atoms with van der Waals surface area (Å²) >= 11 is 0. The fraction of sp³-hybridized carbons (Fsp3) is 0.692. The summed E-state index contributed by atoms with van der Waals surface area (Å²) in [4.78, 5) is 13.5. The molecule has 0 radical (unpaired) electrons. The first-order valence-electron chi connectivity index (χ1n) is 6.89. The van der Waals surface area contributed by atoms with Crippen molar-refractivity contribution < 1.29 is 0 Å². The van der Waals surface area contributed by atoms with Crippen LogP contribution in [0.5, 0.6) is 0 Å². The quantitative estimate of drug-likeness (QED) is 0.849. The van der Waals surface area contributed by atoms with E-state index in [1.54, 1.807) is 12.4 Å². The van der Waals surface area contributed by atoms with Crippen LogP contribution in [0.4, 0.5) is 11.6 Å². The lowest BCUT2D eigenvalue weighted by Gasteiger charge is -2.38. The van der Waals surface area contributed by atoms with Crippen molar-refractivity contribution in [3.05, 3.63) is 12.4 Å². The van der Waals surface area contributed by atoms with Gasteiger partial charge in [0.05, 0.1) is 18.1 Å². The second-order valence-corrected chi connectivity index (χ2v) is 5.28. The normalized spacial score (nSPS) is 22.6. The summed E-state index contributed by atoms with van der Waals surface area (Å²) in [5, 5.41) is 0. The van der Waals surface area contributed by atoms with Gasteiger partial charge in [-0.3, -0.25) is 4.90 Å². The number of rotatable bonds is 2. The van der Waals surface area contributed by atoms with Crippen LogP contribution in [-0.4, -0.2) is 47.1 Å². The van der Waals surface area contributed by atoms with Crippen LogP contribution in [-0.2, 0) is 0 Å². The minimum Gasteiger partial charge on any atom is -0.396 e. The molecule has 1 aromatic heterocycles. The van der Waals surface area contributed by atoms with Gasteiger partial charge in [0.1, 0.15) is 0 Å². The highest BCUT2D eigenvalue weighted by Gasteiger charge is 2.26. The summed E-state index contributed by atoms with van der Waals surface area (Å²) in [6, 6.07) is 0.833. The van der Waals surface area contributed by atoms with Crippen LogP contribution in [0, 0.1) is 0 Å². The zero-order valence-corrected chi connectivity index (χ0v) is 10.8. The van der Waals surface area contributed by atoms with Crippen LogP contribution in [0.25, 0.3) is 0 Å². The van der Waals surface area contributed by atoms with Crippen LogP contribution in [0.2, 0.25) is 0 Å². The van der Waals surface area contributed by atoms with E-state index in [1.165, 1.54) is 25.7 Å². The van der Waals surface area contributed by atoms with Crippen molar-refractivity contribution in [1.29, 1.82) is 0 Å². The molecule has 98 valence electrons. The number of nitrogen functional groups attached to an aromatic ring is 1. The third kappa shape index (κ3) is 2.41. The van der Waals surface area contributed by atoms with Gasteiger partial charge in [-0.1, -0.05) is 12.8 Å². The highest BCUT2D eigenvalue weighted by Crippen LogP contribution is 2.24. The smallest absolute Gasteiger partial charge is 0.225 e. The Labute approximate surface area is 108 Å². The molecule has 0 spiro atoms. The van der Waals surface area contributed by atoms with Crippen molar-refractivity contribution in [1.82, 2.24) is 14.9 Å². The summed E-state index contributed by atoms with van der Waals surface area (Å²) in [6.07, 6.45) is 8.96. The highest BCUT2D eigenvalue weighted by molar-refractivity contribution is 5.38. The molecule has 1 aliphatic heterocycles. The lowest BCUT2D eigenvalue weighted by atomic mass is 10.2. The highest BCUT2D eigenvalue weighted by atomic mass is 15.3. The first kappa shape index (κ1) is 11.7. The van der Waals surface area contributed by atoms with E-state index < -0.39 is 0 Å². The molecule has 2 aliphatic rings. The molecule has 5 nitrogen and oxygen atoms in total. The number of nitrogens with two attached hydrogens (primary N) is 1. The van der Waals surface area contributed by atoms with Gasteiger partial charge < -0.3 is 10.6 Å². The van der Waals surface area contributed by atoms with E-state index in [2.05, 4.69) is 19.8 Å². The van der Waals surface area contributed by atoms with E-state index in [-0.39, 0.29) is 0 Å². The molecule has 0 bridgehead atoms. The zero-order valence-electron chi connectivity index (χ0n) is 10.8. The maximum Gasteiger partial charge on any atom is 0.225 e. The standard InChI is InChI=1S/C13H21N5/c14-11-9-15-13(16-10-11)18-7-5-17(6-8-18)12-3-1-2-4-12/h9-10,12H,1-8,14H2. The summed E-state index contributed by atoms with van der Waals surface area (Å²) < 4.78 is 0. The number of hydrogen-bond acceptors (Lipinski definition) is 5. The number of hydrogen-bond donors (Lipinski definition) is 1.